The average Bonchev–Trinajstić information content (AvgIpc) is 3.32. The largest absolute Gasteiger partial charge is 0.477 e. The molecule has 3 aliphatic rings. The van der Waals surface area contributed by atoms with E-state index in [9.17, 15) is 13.2 Å². The Hall–Kier alpha value is -3.00. The number of amides is 1. The van der Waals surface area contributed by atoms with Crippen molar-refractivity contribution in [2.24, 2.45) is 0 Å². The minimum absolute atomic E-state index is 0.195. The second kappa shape index (κ2) is 10.3. The van der Waals surface area contributed by atoms with Crippen LogP contribution in [-0.4, -0.2) is 82.9 Å². The lowest BCUT2D eigenvalue weighted by molar-refractivity contribution is 0.0265. The van der Waals surface area contributed by atoms with E-state index in [1.165, 1.54) is 29.8 Å². The van der Waals surface area contributed by atoms with Crippen LogP contribution in [-0.2, 0) is 14.6 Å². The van der Waals surface area contributed by atoms with Crippen molar-refractivity contribution in [3.63, 3.8) is 0 Å². The Morgan fingerprint density at radius 3 is 2.89 bits per heavy atom. The number of thiazole rings is 1. The molecular formula is C25H28N6O5S2. The molecule has 3 fully saturated rings. The molecule has 0 spiro atoms. The van der Waals surface area contributed by atoms with Crippen molar-refractivity contribution in [3.8, 4) is 16.5 Å². The number of nitrogens with zero attached hydrogens (tertiary/aromatic N) is 5. The summed E-state index contributed by atoms with van der Waals surface area (Å²) in [7, 11) is -3.39. The third kappa shape index (κ3) is 5.15. The summed E-state index contributed by atoms with van der Waals surface area (Å²) in [6.45, 7) is 4.26. The van der Waals surface area contributed by atoms with E-state index in [4.69, 9.17) is 9.47 Å². The van der Waals surface area contributed by atoms with E-state index in [0.29, 0.717) is 54.7 Å². The molecule has 2 aliphatic heterocycles. The van der Waals surface area contributed by atoms with E-state index in [1.54, 1.807) is 18.5 Å². The number of nitrogens with one attached hydrogen (secondary N) is 1. The monoisotopic (exact) mass is 556 g/mol. The molecule has 2 bridgehead atoms. The van der Waals surface area contributed by atoms with Crippen molar-refractivity contribution in [1.29, 1.82) is 0 Å². The molecule has 0 radical (unpaired) electrons. The molecule has 0 aromatic carbocycles. The maximum atomic E-state index is 13.4. The summed E-state index contributed by atoms with van der Waals surface area (Å²) in [5.74, 6) is 0.0403. The predicted molar refractivity (Wildman–Crippen MR) is 139 cm³/mol. The van der Waals surface area contributed by atoms with E-state index in [1.807, 2.05) is 6.92 Å². The van der Waals surface area contributed by atoms with Gasteiger partial charge in [0.05, 0.1) is 58.5 Å². The number of morpholine rings is 1. The smallest absolute Gasteiger partial charge is 0.280 e. The molecular weight excluding hydrogens is 528 g/mol. The molecule has 3 aromatic heterocycles. The van der Waals surface area contributed by atoms with Gasteiger partial charge in [-0.1, -0.05) is 0 Å². The van der Waals surface area contributed by atoms with Gasteiger partial charge in [0, 0.05) is 31.5 Å². The van der Waals surface area contributed by atoms with Crippen molar-refractivity contribution in [2.45, 2.75) is 54.5 Å². The Kier molecular flexibility index (Phi) is 6.84. The lowest BCUT2D eigenvalue weighted by Crippen LogP contribution is -2.44. The summed E-state index contributed by atoms with van der Waals surface area (Å²) >= 11 is 1.20. The van der Waals surface area contributed by atoms with Gasteiger partial charge in [0.25, 0.3) is 5.91 Å². The van der Waals surface area contributed by atoms with Gasteiger partial charge in [-0.3, -0.25) is 19.7 Å². The first-order valence-electron chi connectivity index (χ1n) is 12.7. The van der Waals surface area contributed by atoms with E-state index in [0.717, 1.165) is 13.0 Å². The van der Waals surface area contributed by atoms with Crippen LogP contribution in [0.5, 0.6) is 5.88 Å². The first-order valence-corrected chi connectivity index (χ1v) is 15.0. The maximum absolute atomic E-state index is 13.4. The topological polar surface area (TPSA) is 136 Å². The molecule has 3 atom stereocenters. The molecule has 1 amide bonds. The number of pyridine rings is 1. The number of hydrogen-bond donors (Lipinski definition) is 1. The van der Waals surface area contributed by atoms with Gasteiger partial charge in [0.2, 0.25) is 5.88 Å². The standard InChI is InChI=1S/C25H28N6O5S2/c1-2-35-23-11-26-9-20(29-23)22-10-28-25(37-22)24(32)30-21(13-31-12-16-7-15(31)14-36-16)19-8-18(5-6-27-19)38(33,34)17-3-4-17/h5-6,8-11,15-17,21H,2-4,7,12-14H2,1H3,(H,30,32)/t15-,16-,21+/m1/s1. The minimum atomic E-state index is -3.39. The second-order valence-electron chi connectivity index (χ2n) is 9.69. The summed E-state index contributed by atoms with van der Waals surface area (Å²) in [5.41, 5.74) is 1.08. The number of likely N-dealkylation sites (tertiary alicyclic amines) is 1. The van der Waals surface area contributed by atoms with Crippen LogP contribution in [0.4, 0.5) is 0 Å². The van der Waals surface area contributed by atoms with Crippen LogP contribution in [0.1, 0.15) is 47.7 Å². The summed E-state index contributed by atoms with van der Waals surface area (Å²) in [5, 5.41) is 3.01. The Labute approximate surface area is 224 Å². The predicted octanol–water partition coefficient (Wildman–Crippen LogP) is 2.27. The zero-order valence-corrected chi connectivity index (χ0v) is 22.5. The highest BCUT2D eigenvalue weighted by atomic mass is 32.2. The molecule has 38 heavy (non-hydrogen) atoms. The normalized spacial score (nSPS) is 21.9. The number of sulfone groups is 1. The average molecular weight is 557 g/mol. The van der Waals surface area contributed by atoms with Gasteiger partial charge in [-0.05, 0) is 38.3 Å². The van der Waals surface area contributed by atoms with Crippen molar-refractivity contribution < 1.29 is 22.7 Å². The van der Waals surface area contributed by atoms with Gasteiger partial charge in [0.1, 0.15) is 5.69 Å². The van der Waals surface area contributed by atoms with Crippen LogP contribution in [0.25, 0.3) is 10.6 Å². The van der Waals surface area contributed by atoms with Gasteiger partial charge < -0.3 is 14.8 Å². The summed E-state index contributed by atoms with van der Waals surface area (Å²) < 4.78 is 36.9. The van der Waals surface area contributed by atoms with Crippen LogP contribution >= 0.6 is 11.3 Å². The summed E-state index contributed by atoms with van der Waals surface area (Å²) in [4.78, 5) is 34.0. The molecule has 0 unspecified atom stereocenters. The van der Waals surface area contributed by atoms with E-state index >= 15 is 0 Å². The summed E-state index contributed by atoms with van der Waals surface area (Å²) in [6, 6.07) is 2.89. The Bertz CT molecular complexity index is 1440. The van der Waals surface area contributed by atoms with E-state index < -0.39 is 15.9 Å². The fraction of sp³-hybridized carbons (Fsp3) is 0.480. The number of hydrogen-bond acceptors (Lipinski definition) is 11. The maximum Gasteiger partial charge on any atom is 0.280 e. The van der Waals surface area contributed by atoms with Crippen molar-refractivity contribution in [3.05, 3.63) is 47.6 Å². The number of ether oxygens (including phenoxy) is 2. The van der Waals surface area contributed by atoms with Gasteiger partial charge in [0.15, 0.2) is 14.8 Å². The van der Waals surface area contributed by atoms with Crippen LogP contribution in [0, 0.1) is 0 Å². The third-order valence-corrected chi connectivity index (χ3v) is 10.3. The van der Waals surface area contributed by atoms with E-state index in [-0.39, 0.29) is 33.2 Å². The quantitative estimate of drug-likeness (QED) is 0.396. The number of fused-ring (bicyclic) bond motifs is 2. The molecule has 1 saturated carbocycles. The molecule has 13 heteroatoms. The van der Waals surface area contributed by atoms with Crippen LogP contribution in [0.2, 0.25) is 0 Å². The van der Waals surface area contributed by atoms with E-state index in [2.05, 4.69) is 30.2 Å². The Morgan fingerprint density at radius 2 is 2.16 bits per heavy atom. The van der Waals surface area contributed by atoms with Gasteiger partial charge in [-0.2, -0.15) is 0 Å². The molecule has 1 aliphatic carbocycles. The minimum Gasteiger partial charge on any atom is -0.477 e. The summed E-state index contributed by atoms with van der Waals surface area (Å²) in [6.07, 6.45) is 8.75. The zero-order valence-electron chi connectivity index (χ0n) is 20.8. The van der Waals surface area contributed by atoms with Gasteiger partial charge >= 0.3 is 0 Å². The molecule has 6 rings (SSSR count). The number of carbonyl (C=O) groups excluding carboxylic acids is 1. The molecule has 2 saturated heterocycles. The molecule has 5 heterocycles. The highest BCUT2D eigenvalue weighted by molar-refractivity contribution is 7.92. The highest BCUT2D eigenvalue weighted by Gasteiger charge is 2.41. The lowest BCUT2D eigenvalue weighted by atomic mass is 10.1. The molecule has 200 valence electrons. The Balaban J connectivity index is 1.25. The third-order valence-electron chi connectivity index (χ3n) is 6.99. The molecule has 11 nitrogen and oxygen atoms in total. The fourth-order valence-corrected chi connectivity index (χ4v) is 7.37. The highest BCUT2D eigenvalue weighted by Crippen LogP contribution is 2.35. The molecule has 3 aromatic rings. The number of rotatable bonds is 10. The first-order chi connectivity index (χ1) is 18.4. The van der Waals surface area contributed by atoms with Gasteiger partial charge in [-0.15, -0.1) is 11.3 Å². The SMILES string of the molecule is CCOc1cncc(-c2cnc(C(=O)N[C@@H](CN3C[C@H]4C[C@@H]3CO4)c3cc(S(=O)(=O)C4CC4)ccn3)s2)n1. The molecule has 1 N–H and O–H groups in total. The van der Waals surface area contributed by atoms with Crippen molar-refractivity contribution in [1.82, 2.24) is 30.2 Å². The first kappa shape index (κ1) is 25.3. The van der Waals surface area contributed by atoms with Crippen molar-refractivity contribution >= 4 is 27.1 Å². The zero-order chi connectivity index (χ0) is 26.3. The van der Waals surface area contributed by atoms with Gasteiger partial charge in [-0.25, -0.2) is 18.4 Å². The van der Waals surface area contributed by atoms with Crippen LogP contribution in [0.15, 0.2) is 41.8 Å². The fourth-order valence-electron chi connectivity index (χ4n) is 4.92. The lowest BCUT2D eigenvalue weighted by Gasteiger charge is -2.30. The number of carbonyl (C=O) groups is 1. The van der Waals surface area contributed by atoms with Crippen molar-refractivity contribution in [2.75, 3.05) is 26.3 Å². The second-order valence-corrected chi connectivity index (χ2v) is 12.9. The van der Waals surface area contributed by atoms with Crippen LogP contribution in [0.3, 0.4) is 0 Å². The Morgan fingerprint density at radius 1 is 1.29 bits per heavy atom. The van der Waals surface area contributed by atoms with Crippen LogP contribution < -0.4 is 10.1 Å². The number of aromatic nitrogens is 4.